The lowest BCUT2D eigenvalue weighted by Crippen LogP contribution is -2.61. The van der Waals surface area contributed by atoms with Crippen LogP contribution in [0, 0.1) is 0 Å². The Morgan fingerprint density at radius 1 is 0.852 bits per heavy atom. The molecule has 0 atom stereocenters. The molecule has 0 aliphatic carbocycles. The van der Waals surface area contributed by atoms with Gasteiger partial charge < -0.3 is 20.7 Å². The number of esters is 1. The first-order chi connectivity index (χ1) is 12.1. The predicted molar refractivity (Wildman–Crippen MR) is 112 cm³/mol. The summed E-state index contributed by atoms with van der Waals surface area (Å²) in [5.74, 6) is -0.244. The van der Waals surface area contributed by atoms with Crippen molar-refractivity contribution in [2.75, 3.05) is 0 Å². The van der Waals surface area contributed by atoms with Crippen LogP contribution in [-0.2, 0) is 9.53 Å². The first kappa shape index (κ1) is 22.2. The van der Waals surface area contributed by atoms with Gasteiger partial charge in [-0.05, 0) is 75.2 Å². The number of carbonyl (C=O) groups is 1. The van der Waals surface area contributed by atoms with Crippen molar-refractivity contribution in [3.05, 3.63) is 11.8 Å². The molecule has 2 aliphatic heterocycles. The van der Waals surface area contributed by atoms with Crippen LogP contribution in [0.5, 0.6) is 0 Å². The normalized spacial score (nSPS) is 27.8. The van der Waals surface area contributed by atoms with Crippen molar-refractivity contribution < 1.29 is 9.53 Å². The summed E-state index contributed by atoms with van der Waals surface area (Å²) in [6, 6.07) is 0.344. The highest BCUT2D eigenvalue weighted by molar-refractivity contribution is 5.82. The molecule has 0 aromatic rings. The predicted octanol–water partition coefficient (Wildman–Crippen LogP) is 3.64. The minimum Gasteiger partial charge on any atom is -0.459 e. The quantitative estimate of drug-likeness (QED) is 0.514. The fraction of sp³-hybridized carbons (Fsp3) is 0.864. The van der Waals surface area contributed by atoms with Crippen LogP contribution in [0.2, 0.25) is 0 Å². The first-order valence-corrected chi connectivity index (χ1v) is 10.3. The zero-order valence-corrected chi connectivity index (χ0v) is 18.9. The van der Waals surface area contributed by atoms with Gasteiger partial charge in [0.2, 0.25) is 0 Å². The standard InChI is InChI=1S/C22H41N3O2/c1-15(23-16-11-19(2,3)24-20(4,5)12-16)10-18(26)27-17-13-21(6,7)25-22(8,9)14-17/h10,16-17,23-25H,11-14H2,1-9H3. The second-order valence-electron chi connectivity index (χ2n) is 11.3. The van der Waals surface area contributed by atoms with Gasteiger partial charge in [0.15, 0.2) is 0 Å². The van der Waals surface area contributed by atoms with Crippen LogP contribution < -0.4 is 16.0 Å². The van der Waals surface area contributed by atoms with E-state index in [1.54, 1.807) is 6.08 Å². The van der Waals surface area contributed by atoms with Gasteiger partial charge in [0.25, 0.3) is 0 Å². The second-order valence-corrected chi connectivity index (χ2v) is 11.3. The molecule has 0 radical (unpaired) electrons. The molecule has 27 heavy (non-hydrogen) atoms. The monoisotopic (exact) mass is 379 g/mol. The first-order valence-electron chi connectivity index (χ1n) is 10.3. The van der Waals surface area contributed by atoms with E-state index >= 15 is 0 Å². The Bertz CT molecular complexity index is 558. The Kier molecular flexibility index (Phi) is 6.09. The summed E-state index contributed by atoms with van der Waals surface area (Å²) in [4.78, 5) is 12.5. The number of allylic oxidation sites excluding steroid dienone is 1. The van der Waals surface area contributed by atoms with Crippen LogP contribution in [0.3, 0.4) is 0 Å². The number of rotatable bonds is 4. The van der Waals surface area contributed by atoms with E-state index in [0.717, 1.165) is 31.4 Å². The summed E-state index contributed by atoms with van der Waals surface area (Å²) in [7, 11) is 0. The molecule has 0 unspecified atom stereocenters. The van der Waals surface area contributed by atoms with Crippen molar-refractivity contribution in [1.29, 1.82) is 0 Å². The van der Waals surface area contributed by atoms with Crippen LogP contribution in [-0.4, -0.2) is 40.3 Å². The number of hydrogen-bond donors (Lipinski definition) is 3. The van der Waals surface area contributed by atoms with Crippen molar-refractivity contribution in [2.24, 2.45) is 0 Å². The van der Waals surface area contributed by atoms with Crippen molar-refractivity contribution in [3.8, 4) is 0 Å². The minimum absolute atomic E-state index is 0.0318. The van der Waals surface area contributed by atoms with Gasteiger partial charge in [0, 0.05) is 52.8 Å². The van der Waals surface area contributed by atoms with Crippen molar-refractivity contribution in [2.45, 2.75) is 122 Å². The molecule has 5 heteroatoms. The molecule has 0 saturated carbocycles. The maximum atomic E-state index is 12.5. The molecule has 2 rings (SSSR count). The van der Waals surface area contributed by atoms with E-state index in [9.17, 15) is 4.79 Å². The molecule has 2 aliphatic rings. The fourth-order valence-electron chi connectivity index (χ4n) is 5.48. The van der Waals surface area contributed by atoms with E-state index < -0.39 is 0 Å². The van der Waals surface area contributed by atoms with Gasteiger partial charge >= 0.3 is 5.97 Å². The van der Waals surface area contributed by atoms with Crippen molar-refractivity contribution in [3.63, 3.8) is 0 Å². The summed E-state index contributed by atoms with van der Waals surface area (Å²) in [5.41, 5.74) is 0.969. The molecule has 2 heterocycles. The number of carbonyl (C=O) groups excluding carboxylic acids is 1. The Hall–Kier alpha value is -1.07. The maximum Gasteiger partial charge on any atom is 0.332 e. The minimum atomic E-state index is -0.244. The Morgan fingerprint density at radius 3 is 1.70 bits per heavy atom. The largest absolute Gasteiger partial charge is 0.459 e. The smallest absolute Gasteiger partial charge is 0.332 e. The highest BCUT2D eigenvalue weighted by Crippen LogP contribution is 2.31. The van der Waals surface area contributed by atoms with Crippen LogP contribution in [0.25, 0.3) is 0 Å². The molecule has 156 valence electrons. The van der Waals surface area contributed by atoms with Gasteiger partial charge in [-0.2, -0.15) is 0 Å². The molecule has 0 bridgehead atoms. The summed E-state index contributed by atoms with van der Waals surface area (Å²) in [6.07, 6.45) is 5.27. The topological polar surface area (TPSA) is 62.4 Å². The number of ether oxygens (including phenoxy) is 1. The van der Waals surface area contributed by atoms with Crippen molar-refractivity contribution in [1.82, 2.24) is 16.0 Å². The fourth-order valence-corrected chi connectivity index (χ4v) is 5.48. The van der Waals surface area contributed by atoms with Crippen LogP contribution in [0.4, 0.5) is 0 Å². The van der Waals surface area contributed by atoms with Gasteiger partial charge in [0.05, 0.1) is 0 Å². The van der Waals surface area contributed by atoms with E-state index in [1.807, 2.05) is 6.92 Å². The Morgan fingerprint density at radius 2 is 1.26 bits per heavy atom. The van der Waals surface area contributed by atoms with E-state index in [2.05, 4.69) is 71.3 Å². The molecule has 5 nitrogen and oxygen atoms in total. The maximum absolute atomic E-state index is 12.5. The van der Waals surface area contributed by atoms with E-state index in [1.165, 1.54) is 0 Å². The van der Waals surface area contributed by atoms with Gasteiger partial charge in [-0.25, -0.2) is 4.79 Å². The Labute approximate surface area is 166 Å². The van der Waals surface area contributed by atoms with E-state index in [4.69, 9.17) is 4.74 Å². The Balaban J connectivity index is 1.94. The molecular formula is C22H41N3O2. The molecule has 0 spiro atoms. The SMILES string of the molecule is CC(=CC(=O)OC1CC(C)(C)NC(C)(C)C1)NC1CC(C)(C)NC(C)(C)C1. The van der Waals surface area contributed by atoms with Crippen LogP contribution >= 0.6 is 0 Å². The zero-order chi connectivity index (χ0) is 20.7. The number of nitrogens with one attached hydrogen (secondary N) is 3. The average molecular weight is 380 g/mol. The average Bonchev–Trinajstić information content (AvgIpc) is 2.28. The molecule has 0 aromatic carbocycles. The van der Waals surface area contributed by atoms with Crippen LogP contribution in [0.1, 0.15) is 88.0 Å². The third-order valence-corrected chi connectivity index (χ3v) is 5.39. The van der Waals surface area contributed by atoms with Crippen molar-refractivity contribution >= 4 is 5.97 Å². The molecule has 3 N–H and O–H groups in total. The van der Waals surface area contributed by atoms with Gasteiger partial charge in [-0.15, -0.1) is 0 Å². The summed E-state index contributed by atoms with van der Waals surface area (Å²) >= 11 is 0. The molecular weight excluding hydrogens is 338 g/mol. The summed E-state index contributed by atoms with van der Waals surface area (Å²) < 4.78 is 5.80. The van der Waals surface area contributed by atoms with Gasteiger partial charge in [0.1, 0.15) is 6.10 Å². The summed E-state index contributed by atoms with van der Waals surface area (Å²) in [6.45, 7) is 19.5. The lowest BCUT2D eigenvalue weighted by atomic mass is 9.79. The third kappa shape index (κ3) is 7.11. The van der Waals surface area contributed by atoms with E-state index in [-0.39, 0.29) is 34.2 Å². The highest BCUT2D eigenvalue weighted by atomic mass is 16.5. The molecule has 2 saturated heterocycles. The van der Waals surface area contributed by atoms with Gasteiger partial charge in [-0.3, -0.25) is 0 Å². The van der Waals surface area contributed by atoms with E-state index in [0.29, 0.717) is 6.04 Å². The third-order valence-electron chi connectivity index (χ3n) is 5.39. The number of piperidine rings is 2. The number of hydrogen-bond acceptors (Lipinski definition) is 5. The zero-order valence-electron chi connectivity index (χ0n) is 18.9. The highest BCUT2D eigenvalue weighted by Gasteiger charge is 2.39. The lowest BCUT2D eigenvalue weighted by molar-refractivity contribution is -0.147. The lowest BCUT2D eigenvalue weighted by Gasteiger charge is -2.47. The summed E-state index contributed by atoms with van der Waals surface area (Å²) in [5, 5.41) is 10.8. The molecule has 0 aromatic heterocycles. The molecule has 2 fully saturated rings. The molecule has 0 amide bonds. The second kappa shape index (κ2) is 7.40. The van der Waals surface area contributed by atoms with Gasteiger partial charge in [-0.1, -0.05) is 0 Å². The van der Waals surface area contributed by atoms with Crippen LogP contribution in [0.15, 0.2) is 11.8 Å².